The van der Waals surface area contributed by atoms with Gasteiger partial charge in [-0.3, -0.25) is 15.0 Å². The van der Waals surface area contributed by atoms with Crippen LogP contribution in [0.1, 0.15) is 68.6 Å². The lowest BCUT2D eigenvalue weighted by molar-refractivity contribution is 0.282. The number of hydrogen-bond acceptors (Lipinski definition) is 23. The first-order valence-corrected chi connectivity index (χ1v) is 32.6. The lowest BCUT2D eigenvalue weighted by Gasteiger charge is -2.24. The van der Waals surface area contributed by atoms with Crippen molar-refractivity contribution in [3.05, 3.63) is 180 Å². The number of nitrogens with zero attached hydrogens (tertiary/aromatic N) is 14. The first kappa shape index (κ1) is 64.9. The van der Waals surface area contributed by atoms with Crippen LogP contribution in [0.15, 0.2) is 170 Å². The number of piperazine rings is 1. The molecule has 23 nitrogen and oxygen atoms in total. The van der Waals surface area contributed by atoms with Gasteiger partial charge in [0.2, 0.25) is 11.8 Å². The summed E-state index contributed by atoms with van der Waals surface area (Å²) >= 11 is 0. The van der Waals surface area contributed by atoms with Crippen LogP contribution in [0.5, 0.6) is 0 Å². The second-order valence-electron chi connectivity index (χ2n) is 22.4. The molecule has 6 aromatic heterocycles. The average Bonchev–Trinajstić information content (AvgIpc) is 1.80. The van der Waals surface area contributed by atoms with Crippen molar-refractivity contribution in [2.45, 2.75) is 82.3 Å². The fourth-order valence-electron chi connectivity index (χ4n) is 9.34. The van der Waals surface area contributed by atoms with E-state index < -0.39 is 30.2 Å². The van der Waals surface area contributed by atoms with Crippen molar-refractivity contribution < 1.29 is 42.3 Å². The number of benzene rings is 5. The summed E-state index contributed by atoms with van der Waals surface area (Å²) in [5.74, 6) is 1.70. The van der Waals surface area contributed by atoms with Crippen LogP contribution in [0.3, 0.4) is 0 Å². The Balaban J connectivity index is 0.000000256. The van der Waals surface area contributed by atoms with Crippen LogP contribution in [-0.2, 0) is 26.3 Å². The smallest absolute Gasteiger partial charge is 0.318 e. The van der Waals surface area contributed by atoms with Crippen molar-refractivity contribution in [2.24, 2.45) is 0 Å². The van der Waals surface area contributed by atoms with Gasteiger partial charge in [-0.25, -0.2) is 31.8 Å². The highest BCUT2D eigenvalue weighted by Crippen LogP contribution is 2.32. The fraction of sp³-hybridized carbons (Fsp3) is 0.254. The Labute approximate surface area is 541 Å². The van der Waals surface area contributed by atoms with Gasteiger partial charge in [-0.2, -0.15) is 0 Å². The Kier molecular flexibility index (Phi) is 19.7. The molecule has 0 unspecified atom stereocenters. The molecule has 11 aromatic rings. The van der Waals surface area contributed by atoms with Gasteiger partial charge in [0, 0.05) is 80.9 Å². The molecule has 0 spiro atoms. The third-order valence-electron chi connectivity index (χ3n) is 15.0. The predicted octanol–water partition coefficient (Wildman–Crippen LogP) is 12.2. The largest absolute Gasteiger partial charge is 0.415 e. The summed E-state index contributed by atoms with van der Waals surface area (Å²) in [4.78, 5) is 31.9. The summed E-state index contributed by atoms with van der Waals surface area (Å²) in [5, 5.41) is 36.5. The van der Waals surface area contributed by atoms with Gasteiger partial charge in [0.25, 0.3) is 17.7 Å². The number of aliphatic hydroxyl groups excluding tert-OH is 1. The Bertz CT molecular complexity index is 4650. The van der Waals surface area contributed by atoms with Gasteiger partial charge >= 0.3 is 6.01 Å². The summed E-state index contributed by atoms with van der Waals surface area (Å²) in [6.45, 7) is 21.6. The molecule has 12 rings (SSSR count). The molecule has 92 heavy (non-hydrogen) atoms. The Morgan fingerprint density at radius 1 is 0.543 bits per heavy atom. The zero-order valence-corrected chi connectivity index (χ0v) is 54.2. The zero-order valence-electron chi connectivity index (χ0n) is 52.6. The van der Waals surface area contributed by atoms with Gasteiger partial charge in [-0.1, -0.05) is 90.0 Å². The monoisotopic (exact) mass is 1290 g/mol. The standard InChI is InChI=1S/C24H23N5O.C23H22N4O4S.C20H24N6O3S.5H2/c1-15-7-6-8-20(13-15)23-27-28-24(30-23)22-16(2)25-14-21(26-22)19-11-9-18(10-12-19)17(3)29(4)5;1-14(2)32(29,30)19-10-8-17(9-11-19)20-12-24-15(3)21(25-20)23-27-26-22(31-23)18-6-4-16(13-28)5-7-18;1-13(2)30(27,28)16-6-4-15(5-7-16)17-12-22-14(3)18(23-17)19-24-25-20(29-19)26-10-8-21-9-11-26;;;;;/h6-14H,3H2,1-2,4-5H3;4-12,14,28H,13H2,1-3H3;4-7,12-13,21H,8-11H2,1-3H3;5*1H. The summed E-state index contributed by atoms with van der Waals surface area (Å²) in [5.41, 5.74) is 13.5. The molecule has 0 saturated carbocycles. The minimum Gasteiger partial charge on any atom is -0.415 e. The maximum Gasteiger partial charge on any atom is 0.318 e. The molecule has 2 N–H and O–H groups in total. The summed E-state index contributed by atoms with van der Waals surface area (Å²) in [6.07, 6.45) is 5.03. The SMILES string of the molecule is C=C(c1ccc(-c2cnc(C)c(-c3nnc(-c4cccc(C)c4)o3)n2)cc1)N(C)C.Cc1ncc(-c2ccc(S(=O)(=O)C(C)C)cc2)nc1-c1nnc(-c2ccc(CO)cc2)o1.Cc1ncc(-c2ccc(S(=O)(=O)C(C)C)cc2)nc1-c1nnc(N2CCNCC2)o1.[HH].[HH].[HH].[HH].[HH]. The highest BCUT2D eigenvalue weighted by Gasteiger charge is 2.24. The molecule has 7 heterocycles. The first-order chi connectivity index (χ1) is 44.1. The van der Waals surface area contributed by atoms with Crippen molar-refractivity contribution in [1.29, 1.82) is 0 Å². The molecule has 0 radical (unpaired) electrons. The minimum atomic E-state index is -3.35. The molecule has 0 amide bonds. The third-order valence-corrected chi connectivity index (χ3v) is 19.4. The van der Waals surface area contributed by atoms with E-state index in [2.05, 4.69) is 67.4 Å². The Morgan fingerprint density at radius 2 is 0.946 bits per heavy atom. The molecule has 1 aliphatic rings. The van der Waals surface area contributed by atoms with Crippen LogP contribution < -0.4 is 10.2 Å². The molecular formula is C67H79N15O8S2. The number of nitrogens with one attached hydrogen (secondary N) is 1. The number of aryl methyl sites for hydroxylation is 4. The maximum atomic E-state index is 12.4. The number of aromatic nitrogens is 12. The molecule has 0 bridgehead atoms. The summed E-state index contributed by atoms with van der Waals surface area (Å²) < 4.78 is 67.0. The molecule has 1 aliphatic heterocycles. The van der Waals surface area contributed by atoms with Gasteiger partial charge in [-0.05, 0) is 115 Å². The van der Waals surface area contributed by atoms with Gasteiger partial charge < -0.3 is 33.5 Å². The van der Waals surface area contributed by atoms with E-state index in [1.54, 1.807) is 126 Å². The summed E-state index contributed by atoms with van der Waals surface area (Å²) in [6, 6.07) is 36.9. The Hall–Kier alpha value is -10.1. The van der Waals surface area contributed by atoms with E-state index in [9.17, 15) is 21.9 Å². The van der Waals surface area contributed by atoms with E-state index in [1.807, 2.05) is 93.2 Å². The van der Waals surface area contributed by atoms with Gasteiger partial charge in [-0.15, -0.1) is 25.5 Å². The average molecular weight is 1290 g/mol. The van der Waals surface area contributed by atoms with Crippen LogP contribution in [0, 0.1) is 27.7 Å². The zero-order chi connectivity index (χ0) is 65.4. The highest BCUT2D eigenvalue weighted by molar-refractivity contribution is 7.92. The van der Waals surface area contributed by atoms with Crippen LogP contribution in [0.2, 0.25) is 0 Å². The number of anilines is 1. The molecule has 1 fully saturated rings. The fourth-order valence-corrected chi connectivity index (χ4v) is 11.5. The van der Waals surface area contributed by atoms with E-state index in [1.165, 1.54) is 0 Å². The number of aliphatic hydroxyl groups is 1. The molecule has 1 saturated heterocycles. The highest BCUT2D eigenvalue weighted by atomic mass is 32.2. The molecular weight excluding hydrogens is 1210 g/mol. The molecule has 0 atom stereocenters. The quantitative estimate of drug-likeness (QED) is 0.0908. The molecule has 25 heteroatoms. The van der Waals surface area contributed by atoms with E-state index in [4.69, 9.17) is 18.2 Å². The van der Waals surface area contributed by atoms with Crippen molar-refractivity contribution in [1.82, 2.24) is 70.7 Å². The van der Waals surface area contributed by atoms with E-state index >= 15 is 0 Å². The minimum absolute atomic E-state index is 0. The number of rotatable bonds is 16. The second-order valence-corrected chi connectivity index (χ2v) is 27.4. The maximum absolute atomic E-state index is 12.4. The van der Waals surface area contributed by atoms with E-state index in [-0.39, 0.29) is 24.5 Å². The second kappa shape index (κ2) is 28.0. The number of hydrogen-bond donors (Lipinski definition) is 2. The normalized spacial score (nSPS) is 12.5. The van der Waals surface area contributed by atoms with Crippen LogP contribution in [-0.4, -0.2) is 138 Å². The van der Waals surface area contributed by atoms with Crippen LogP contribution in [0.4, 0.5) is 6.01 Å². The van der Waals surface area contributed by atoms with Gasteiger partial charge in [0.1, 0.15) is 17.1 Å². The van der Waals surface area contributed by atoms with E-state index in [0.717, 1.165) is 87.8 Å². The lowest BCUT2D eigenvalue weighted by Crippen LogP contribution is -2.43. The lowest BCUT2D eigenvalue weighted by atomic mass is 10.1. The predicted molar refractivity (Wildman–Crippen MR) is 361 cm³/mol. The summed E-state index contributed by atoms with van der Waals surface area (Å²) in [7, 11) is -2.71. The molecule has 482 valence electrons. The molecule has 5 aromatic carbocycles. The molecule has 0 aliphatic carbocycles. The van der Waals surface area contributed by atoms with Crippen LogP contribution >= 0.6 is 0 Å². The van der Waals surface area contributed by atoms with Gasteiger partial charge in [0.15, 0.2) is 19.7 Å². The van der Waals surface area contributed by atoms with Gasteiger partial charge in [0.05, 0.1) is 79.7 Å². The number of sulfone groups is 2. The van der Waals surface area contributed by atoms with Crippen LogP contribution in [0.25, 0.3) is 97.1 Å². The van der Waals surface area contributed by atoms with Crippen molar-refractivity contribution >= 4 is 31.4 Å². The van der Waals surface area contributed by atoms with E-state index in [0.29, 0.717) is 74.3 Å². The van der Waals surface area contributed by atoms with Crippen molar-refractivity contribution in [2.75, 3.05) is 45.2 Å². The first-order valence-electron chi connectivity index (χ1n) is 29.5. The van der Waals surface area contributed by atoms with Crippen molar-refractivity contribution in [3.63, 3.8) is 0 Å². The topological polar surface area (TPSA) is 301 Å². The van der Waals surface area contributed by atoms with Crippen molar-refractivity contribution in [3.8, 4) is 91.4 Å². The third kappa shape index (κ3) is 14.7. The Morgan fingerprint density at radius 3 is 1.37 bits per heavy atom.